The summed E-state index contributed by atoms with van der Waals surface area (Å²) in [5.74, 6) is 0.220. The first-order valence-electron chi connectivity index (χ1n) is 10.8. The number of aromatic nitrogens is 2. The Balaban J connectivity index is 1.62. The first kappa shape index (κ1) is 23.0. The number of halogens is 1. The molecule has 0 fully saturated rings. The molecule has 1 atom stereocenters. The minimum absolute atomic E-state index is 0.0701. The Kier molecular flexibility index (Phi) is 6.51. The Hall–Kier alpha value is -3.19. The molecule has 7 heteroatoms. The molecule has 1 aliphatic carbocycles. The number of hydrogen-bond acceptors (Lipinski definition) is 5. The second kappa shape index (κ2) is 9.35. The van der Waals surface area contributed by atoms with E-state index in [1.54, 1.807) is 6.07 Å². The fraction of sp³-hybridized carbons (Fsp3) is 0.269. The second-order valence-corrected chi connectivity index (χ2v) is 9.80. The van der Waals surface area contributed by atoms with E-state index in [-0.39, 0.29) is 11.7 Å². The molecule has 0 radical (unpaired) electrons. The van der Waals surface area contributed by atoms with Crippen LogP contribution < -0.4 is 5.32 Å². The van der Waals surface area contributed by atoms with Gasteiger partial charge in [0.25, 0.3) is 0 Å². The fourth-order valence-corrected chi connectivity index (χ4v) is 3.92. The van der Waals surface area contributed by atoms with Gasteiger partial charge in [0.2, 0.25) is 0 Å². The molecule has 0 saturated heterocycles. The van der Waals surface area contributed by atoms with Gasteiger partial charge in [-0.2, -0.15) is 0 Å². The van der Waals surface area contributed by atoms with Crippen LogP contribution >= 0.6 is 15.9 Å². The van der Waals surface area contributed by atoms with Crippen LogP contribution in [0, 0.1) is 5.92 Å². The van der Waals surface area contributed by atoms with E-state index in [0.717, 1.165) is 23.3 Å². The Bertz CT molecular complexity index is 1250. The maximum atomic E-state index is 12.0. The van der Waals surface area contributed by atoms with Gasteiger partial charge in [0.1, 0.15) is 11.1 Å². The van der Waals surface area contributed by atoms with Crippen LogP contribution in [0.5, 0.6) is 5.75 Å². The number of amides is 1. The Morgan fingerprint density at radius 2 is 1.91 bits per heavy atom. The van der Waals surface area contributed by atoms with Gasteiger partial charge < -0.3 is 15.2 Å². The molecule has 0 saturated carbocycles. The number of carbonyl (C=O) groups excluding carboxylic acids is 1. The molecule has 6 nitrogen and oxygen atoms in total. The van der Waals surface area contributed by atoms with E-state index >= 15 is 0 Å². The number of rotatable bonds is 4. The number of ether oxygens (including phenoxy) is 1. The lowest BCUT2D eigenvalue weighted by molar-refractivity contribution is 0.0522. The first-order chi connectivity index (χ1) is 15.7. The van der Waals surface area contributed by atoms with Crippen molar-refractivity contribution in [1.82, 2.24) is 15.3 Å². The fourth-order valence-electron chi connectivity index (χ4n) is 3.60. The standard InChI is InChI=1S/C26H26BrN3O3/c1-26(2,3)33-25(32)28-15-16-9-11-18(12-10-16)22-21(17-7-5-4-6-8-17)29-20-14-13-19(27)24(31)23(20)30-22/h4-9,11-14,16,31H,10,15H2,1-3H3,(H,28,32). The highest BCUT2D eigenvalue weighted by Crippen LogP contribution is 2.36. The second-order valence-electron chi connectivity index (χ2n) is 8.95. The van der Waals surface area contributed by atoms with Crippen LogP contribution in [-0.2, 0) is 4.74 Å². The SMILES string of the molecule is CC(C)(C)OC(=O)NCC1C=CC(c2nc3c(O)c(Br)ccc3nc2-c2ccccc2)=CC1. The smallest absolute Gasteiger partial charge is 0.407 e. The average molecular weight is 508 g/mol. The van der Waals surface area contributed by atoms with Gasteiger partial charge in [0.15, 0.2) is 5.75 Å². The third kappa shape index (κ3) is 5.42. The molecule has 1 amide bonds. The average Bonchev–Trinajstić information content (AvgIpc) is 2.79. The van der Waals surface area contributed by atoms with Gasteiger partial charge in [-0.1, -0.05) is 48.6 Å². The normalized spacial score (nSPS) is 15.9. The summed E-state index contributed by atoms with van der Waals surface area (Å²) < 4.78 is 5.88. The molecule has 1 aliphatic rings. The molecule has 0 bridgehead atoms. The first-order valence-corrected chi connectivity index (χ1v) is 11.6. The summed E-state index contributed by atoms with van der Waals surface area (Å²) in [5.41, 5.74) is 3.88. The summed E-state index contributed by atoms with van der Waals surface area (Å²) in [6.45, 7) is 6.01. The molecule has 0 aliphatic heterocycles. The van der Waals surface area contributed by atoms with E-state index in [0.29, 0.717) is 27.7 Å². The van der Waals surface area contributed by atoms with Crippen molar-refractivity contribution in [3.05, 3.63) is 70.9 Å². The summed E-state index contributed by atoms with van der Waals surface area (Å²) in [7, 11) is 0. The molecule has 33 heavy (non-hydrogen) atoms. The number of nitrogens with one attached hydrogen (secondary N) is 1. The van der Waals surface area contributed by atoms with Gasteiger partial charge in [0.05, 0.1) is 21.4 Å². The van der Waals surface area contributed by atoms with E-state index in [2.05, 4.69) is 33.4 Å². The van der Waals surface area contributed by atoms with Crippen molar-refractivity contribution in [3.8, 4) is 17.0 Å². The van der Waals surface area contributed by atoms with Crippen LogP contribution in [-0.4, -0.2) is 33.3 Å². The van der Waals surface area contributed by atoms with Gasteiger partial charge >= 0.3 is 6.09 Å². The minimum Gasteiger partial charge on any atom is -0.504 e. The van der Waals surface area contributed by atoms with Gasteiger partial charge in [0, 0.05) is 12.1 Å². The highest BCUT2D eigenvalue weighted by atomic mass is 79.9. The number of alkyl carbamates (subject to hydrolysis) is 1. The molecule has 0 spiro atoms. The maximum Gasteiger partial charge on any atom is 0.407 e. The van der Waals surface area contributed by atoms with Crippen LogP contribution in [0.2, 0.25) is 0 Å². The van der Waals surface area contributed by atoms with E-state index < -0.39 is 11.7 Å². The lowest BCUT2D eigenvalue weighted by Crippen LogP contribution is -2.35. The molecule has 1 heterocycles. The van der Waals surface area contributed by atoms with Crippen molar-refractivity contribution < 1.29 is 14.6 Å². The van der Waals surface area contributed by atoms with E-state index in [4.69, 9.17) is 14.7 Å². The van der Waals surface area contributed by atoms with Crippen LogP contribution in [0.1, 0.15) is 32.9 Å². The van der Waals surface area contributed by atoms with Gasteiger partial charge in [-0.3, -0.25) is 0 Å². The van der Waals surface area contributed by atoms with E-state index in [1.807, 2.05) is 63.2 Å². The van der Waals surface area contributed by atoms with Crippen molar-refractivity contribution in [2.45, 2.75) is 32.8 Å². The maximum absolute atomic E-state index is 12.0. The Labute approximate surface area is 201 Å². The highest BCUT2D eigenvalue weighted by Gasteiger charge is 2.20. The Morgan fingerprint density at radius 1 is 1.15 bits per heavy atom. The number of nitrogens with zero attached hydrogens (tertiary/aromatic N) is 2. The number of carbonyl (C=O) groups is 1. The molecular weight excluding hydrogens is 482 g/mol. The molecule has 170 valence electrons. The Morgan fingerprint density at radius 3 is 2.58 bits per heavy atom. The third-order valence-corrected chi connectivity index (χ3v) is 5.82. The zero-order valence-corrected chi connectivity index (χ0v) is 20.4. The van der Waals surface area contributed by atoms with Gasteiger partial charge in [-0.15, -0.1) is 0 Å². The zero-order valence-electron chi connectivity index (χ0n) is 18.8. The minimum atomic E-state index is -0.525. The monoisotopic (exact) mass is 507 g/mol. The van der Waals surface area contributed by atoms with Crippen molar-refractivity contribution in [2.24, 2.45) is 5.92 Å². The number of allylic oxidation sites excluding steroid dienone is 3. The number of fused-ring (bicyclic) bond motifs is 1. The van der Waals surface area contributed by atoms with Crippen LogP contribution in [0.15, 0.2) is 65.2 Å². The third-order valence-electron chi connectivity index (χ3n) is 5.18. The summed E-state index contributed by atoms with van der Waals surface area (Å²) >= 11 is 3.36. The molecular formula is C26H26BrN3O3. The van der Waals surface area contributed by atoms with Crippen molar-refractivity contribution in [3.63, 3.8) is 0 Å². The van der Waals surface area contributed by atoms with Gasteiger partial charge in [-0.05, 0) is 66.7 Å². The lowest BCUT2D eigenvalue weighted by atomic mass is 9.93. The molecule has 3 aromatic rings. The molecule has 2 aromatic carbocycles. The predicted molar refractivity (Wildman–Crippen MR) is 134 cm³/mol. The van der Waals surface area contributed by atoms with Crippen LogP contribution in [0.4, 0.5) is 4.79 Å². The lowest BCUT2D eigenvalue weighted by Gasteiger charge is -2.22. The topological polar surface area (TPSA) is 84.3 Å². The molecule has 4 rings (SSSR count). The summed E-state index contributed by atoms with van der Waals surface area (Å²) in [5, 5.41) is 13.4. The van der Waals surface area contributed by atoms with Crippen molar-refractivity contribution >= 4 is 38.6 Å². The molecule has 1 unspecified atom stereocenters. The highest BCUT2D eigenvalue weighted by molar-refractivity contribution is 9.10. The van der Waals surface area contributed by atoms with Gasteiger partial charge in [-0.25, -0.2) is 14.8 Å². The largest absolute Gasteiger partial charge is 0.504 e. The number of benzene rings is 2. The van der Waals surface area contributed by atoms with E-state index in [1.165, 1.54) is 0 Å². The zero-order chi connectivity index (χ0) is 23.6. The molecule has 2 N–H and O–H groups in total. The quantitative estimate of drug-likeness (QED) is 0.435. The van der Waals surface area contributed by atoms with Crippen LogP contribution in [0.3, 0.4) is 0 Å². The van der Waals surface area contributed by atoms with Crippen molar-refractivity contribution in [2.75, 3.05) is 6.54 Å². The predicted octanol–water partition coefficient (Wildman–Crippen LogP) is 6.25. The van der Waals surface area contributed by atoms with Crippen LogP contribution in [0.25, 0.3) is 27.9 Å². The number of phenols is 1. The number of phenolic OH excluding ortho intramolecular Hbond substituents is 1. The summed E-state index contributed by atoms with van der Waals surface area (Å²) in [6.07, 6.45) is 6.48. The summed E-state index contributed by atoms with van der Waals surface area (Å²) in [6, 6.07) is 13.5. The summed E-state index contributed by atoms with van der Waals surface area (Å²) in [4.78, 5) is 21.6. The number of hydrogen-bond donors (Lipinski definition) is 2. The number of aromatic hydroxyl groups is 1. The van der Waals surface area contributed by atoms with Crippen molar-refractivity contribution in [1.29, 1.82) is 0 Å². The molecule has 1 aromatic heterocycles. The van der Waals surface area contributed by atoms with E-state index in [9.17, 15) is 9.90 Å².